The van der Waals surface area contributed by atoms with Crippen LogP contribution in [0.5, 0.6) is 0 Å². The first-order chi connectivity index (χ1) is 9.98. The molecule has 0 atom stereocenters. The molecule has 1 heterocycles. The Balaban J connectivity index is 2.29. The van der Waals surface area contributed by atoms with E-state index in [0.29, 0.717) is 18.8 Å². The molecule has 0 N–H and O–H groups in total. The fraction of sp³-hybridized carbons (Fsp3) is 0.500. The van der Waals surface area contributed by atoms with Crippen LogP contribution in [0.3, 0.4) is 0 Å². The van der Waals surface area contributed by atoms with Crippen LogP contribution in [-0.2, 0) is 14.3 Å². The maximum Gasteiger partial charge on any atom is 0.287 e. The van der Waals surface area contributed by atoms with Gasteiger partial charge in [-0.3, -0.25) is 9.59 Å². The lowest BCUT2D eigenvalue weighted by molar-refractivity contribution is -0.243. The van der Waals surface area contributed by atoms with E-state index < -0.39 is 5.79 Å². The second-order valence-corrected chi connectivity index (χ2v) is 5.47. The molecule has 1 saturated heterocycles. The number of carbonyl (C=O) groups is 2. The molecule has 0 aliphatic carbocycles. The minimum absolute atomic E-state index is 0.0504. The standard InChI is InChI=1S/C16H21NO4/c1-12(2)17(14-7-5-13(11-18)6-8-14)15(19)16(3)20-9-4-10-21-16/h5-8,11-12H,4,9-10H2,1-3H3. The summed E-state index contributed by atoms with van der Waals surface area (Å²) in [5, 5.41) is 0. The van der Waals surface area contributed by atoms with Gasteiger partial charge in [0.25, 0.3) is 5.91 Å². The molecule has 1 aliphatic heterocycles. The topological polar surface area (TPSA) is 55.8 Å². The Kier molecular flexibility index (Phi) is 4.75. The Labute approximate surface area is 124 Å². The van der Waals surface area contributed by atoms with E-state index in [2.05, 4.69) is 0 Å². The summed E-state index contributed by atoms with van der Waals surface area (Å²) < 4.78 is 11.1. The summed E-state index contributed by atoms with van der Waals surface area (Å²) in [6.45, 7) is 6.54. The predicted molar refractivity (Wildman–Crippen MR) is 79.4 cm³/mol. The van der Waals surface area contributed by atoms with E-state index in [1.54, 1.807) is 36.1 Å². The smallest absolute Gasteiger partial charge is 0.287 e. The largest absolute Gasteiger partial charge is 0.342 e. The number of rotatable bonds is 4. The van der Waals surface area contributed by atoms with Gasteiger partial charge in [-0.2, -0.15) is 0 Å². The van der Waals surface area contributed by atoms with Crippen LogP contribution in [0.1, 0.15) is 37.6 Å². The quantitative estimate of drug-likeness (QED) is 0.799. The Bertz CT molecular complexity index is 504. The first kappa shape index (κ1) is 15.7. The van der Waals surface area contributed by atoms with Gasteiger partial charge in [0.05, 0.1) is 13.2 Å². The van der Waals surface area contributed by atoms with Crippen molar-refractivity contribution >= 4 is 17.9 Å². The number of nitrogens with zero attached hydrogens (tertiary/aromatic N) is 1. The maximum atomic E-state index is 12.8. The van der Waals surface area contributed by atoms with Crippen LogP contribution in [0.4, 0.5) is 5.69 Å². The maximum absolute atomic E-state index is 12.8. The zero-order valence-electron chi connectivity index (χ0n) is 12.7. The molecule has 0 aromatic heterocycles. The average molecular weight is 291 g/mol. The number of anilines is 1. The fourth-order valence-corrected chi connectivity index (χ4v) is 2.34. The molecule has 0 spiro atoms. The Morgan fingerprint density at radius 3 is 2.29 bits per heavy atom. The van der Waals surface area contributed by atoms with E-state index in [9.17, 15) is 9.59 Å². The van der Waals surface area contributed by atoms with Crippen molar-refractivity contribution in [2.24, 2.45) is 0 Å². The minimum Gasteiger partial charge on any atom is -0.342 e. The highest BCUT2D eigenvalue weighted by Crippen LogP contribution is 2.26. The van der Waals surface area contributed by atoms with Crippen molar-refractivity contribution in [3.05, 3.63) is 29.8 Å². The lowest BCUT2D eigenvalue weighted by Crippen LogP contribution is -2.55. The highest BCUT2D eigenvalue weighted by molar-refractivity contribution is 5.99. The molecule has 0 unspecified atom stereocenters. The SMILES string of the molecule is CC(C)N(C(=O)C1(C)OCCCO1)c1ccc(C=O)cc1. The third kappa shape index (κ3) is 3.31. The lowest BCUT2D eigenvalue weighted by atomic mass is 10.1. The van der Waals surface area contributed by atoms with Crippen LogP contribution >= 0.6 is 0 Å². The summed E-state index contributed by atoms with van der Waals surface area (Å²) in [5.41, 5.74) is 1.30. The van der Waals surface area contributed by atoms with Crippen molar-refractivity contribution in [3.8, 4) is 0 Å². The summed E-state index contributed by atoms with van der Waals surface area (Å²) in [5.74, 6) is -1.47. The zero-order valence-corrected chi connectivity index (χ0v) is 12.7. The predicted octanol–water partition coefficient (Wildman–Crippen LogP) is 2.39. The number of carbonyl (C=O) groups excluding carboxylic acids is 2. The average Bonchev–Trinajstić information content (AvgIpc) is 2.48. The second-order valence-electron chi connectivity index (χ2n) is 5.47. The molecule has 114 valence electrons. The van der Waals surface area contributed by atoms with E-state index in [4.69, 9.17) is 9.47 Å². The molecular formula is C16H21NO4. The van der Waals surface area contributed by atoms with Gasteiger partial charge in [0.1, 0.15) is 6.29 Å². The lowest BCUT2D eigenvalue weighted by Gasteiger charge is -2.38. The monoisotopic (exact) mass is 291 g/mol. The Hall–Kier alpha value is -1.72. The van der Waals surface area contributed by atoms with Gasteiger partial charge in [-0.25, -0.2) is 0 Å². The first-order valence-corrected chi connectivity index (χ1v) is 7.15. The summed E-state index contributed by atoms with van der Waals surface area (Å²) in [6.07, 6.45) is 1.57. The van der Waals surface area contributed by atoms with Crippen LogP contribution in [-0.4, -0.2) is 37.2 Å². The number of benzene rings is 1. The summed E-state index contributed by atoms with van der Waals surface area (Å²) in [6, 6.07) is 6.85. The summed E-state index contributed by atoms with van der Waals surface area (Å²) >= 11 is 0. The molecule has 1 aromatic carbocycles. The van der Waals surface area contributed by atoms with Crippen molar-refractivity contribution in [2.75, 3.05) is 18.1 Å². The van der Waals surface area contributed by atoms with Crippen LogP contribution in [0.25, 0.3) is 0 Å². The molecule has 5 nitrogen and oxygen atoms in total. The van der Waals surface area contributed by atoms with Gasteiger partial charge in [-0.05, 0) is 51.5 Å². The molecule has 1 fully saturated rings. The molecule has 1 aliphatic rings. The number of amides is 1. The van der Waals surface area contributed by atoms with Crippen molar-refractivity contribution in [2.45, 2.75) is 39.0 Å². The molecule has 2 rings (SSSR count). The summed E-state index contributed by atoms with van der Waals surface area (Å²) in [4.78, 5) is 25.2. The molecule has 0 saturated carbocycles. The number of hydrogen-bond acceptors (Lipinski definition) is 4. The van der Waals surface area contributed by atoms with Gasteiger partial charge in [0.2, 0.25) is 5.79 Å². The number of aldehydes is 1. The second kappa shape index (κ2) is 6.37. The van der Waals surface area contributed by atoms with E-state index >= 15 is 0 Å². The van der Waals surface area contributed by atoms with E-state index in [-0.39, 0.29) is 11.9 Å². The highest BCUT2D eigenvalue weighted by Gasteiger charge is 2.42. The molecular weight excluding hydrogens is 270 g/mol. The van der Waals surface area contributed by atoms with Crippen molar-refractivity contribution in [3.63, 3.8) is 0 Å². The third-order valence-electron chi connectivity index (χ3n) is 3.47. The number of ether oxygens (including phenoxy) is 2. The normalized spacial score (nSPS) is 17.5. The van der Waals surface area contributed by atoms with Crippen LogP contribution in [0.2, 0.25) is 0 Å². The zero-order chi connectivity index (χ0) is 15.5. The van der Waals surface area contributed by atoms with Crippen LogP contribution in [0.15, 0.2) is 24.3 Å². The van der Waals surface area contributed by atoms with Crippen LogP contribution in [0, 0.1) is 0 Å². The van der Waals surface area contributed by atoms with Crippen molar-refractivity contribution < 1.29 is 19.1 Å². The third-order valence-corrected chi connectivity index (χ3v) is 3.47. The fourth-order valence-electron chi connectivity index (χ4n) is 2.34. The van der Waals surface area contributed by atoms with Gasteiger partial charge >= 0.3 is 0 Å². The molecule has 0 bridgehead atoms. The Morgan fingerprint density at radius 1 is 1.24 bits per heavy atom. The first-order valence-electron chi connectivity index (χ1n) is 7.15. The Morgan fingerprint density at radius 2 is 1.81 bits per heavy atom. The van der Waals surface area contributed by atoms with Gasteiger partial charge in [-0.1, -0.05) is 0 Å². The molecule has 5 heteroatoms. The van der Waals surface area contributed by atoms with Crippen molar-refractivity contribution in [1.29, 1.82) is 0 Å². The van der Waals surface area contributed by atoms with Gasteiger partial charge in [-0.15, -0.1) is 0 Å². The molecule has 21 heavy (non-hydrogen) atoms. The van der Waals surface area contributed by atoms with E-state index in [1.807, 2.05) is 13.8 Å². The van der Waals surface area contributed by atoms with Crippen LogP contribution < -0.4 is 4.90 Å². The van der Waals surface area contributed by atoms with E-state index in [1.165, 1.54) is 0 Å². The van der Waals surface area contributed by atoms with E-state index in [0.717, 1.165) is 18.4 Å². The summed E-state index contributed by atoms with van der Waals surface area (Å²) in [7, 11) is 0. The van der Waals surface area contributed by atoms with Gasteiger partial charge in [0, 0.05) is 17.3 Å². The number of hydrogen-bond donors (Lipinski definition) is 0. The molecule has 0 radical (unpaired) electrons. The van der Waals surface area contributed by atoms with Crippen molar-refractivity contribution in [1.82, 2.24) is 0 Å². The highest BCUT2D eigenvalue weighted by atomic mass is 16.7. The van der Waals surface area contributed by atoms with Gasteiger partial charge < -0.3 is 14.4 Å². The van der Waals surface area contributed by atoms with Gasteiger partial charge in [0.15, 0.2) is 0 Å². The molecule has 1 aromatic rings. The minimum atomic E-state index is -1.24. The molecule has 1 amide bonds.